The Balaban J connectivity index is 3.06. The Morgan fingerprint density at radius 1 is 1.44 bits per heavy atom. The van der Waals surface area contributed by atoms with Crippen molar-refractivity contribution in [3.8, 4) is 0 Å². The van der Waals surface area contributed by atoms with E-state index in [9.17, 15) is 14.9 Å². The number of carbonyl (C=O) groups excluding carboxylic acids is 1. The highest BCUT2D eigenvalue weighted by Crippen LogP contribution is 2.26. The molecule has 0 saturated carbocycles. The minimum atomic E-state index is -0.607. The Hall–Kier alpha value is -1.95. The van der Waals surface area contributed by atoms with Gasteiger partial charge in [0.05, 0.1) is 16.7 Å². The molecule has 0 aliphatic rings. The van der Waals surface area contributed by atoms with Crippen LogP contribution in [0, 0.1) is 24.0 Å². The average Bonchev–Trinajstić information content (AvgIpc) is 2.30. The van der Waals surface area contributed by atoms with Crippen molar-refractivity contribution in [2.45, 2.75) is 33.2 Å². The summed E-state index contributed by atoms with van der Waals surface area (Å²) < 4.78 is 0. The highest BCUT2D eigenvalue weighted by atomic mass is 16.6. The summed E-state index contributed by atoms with van der Waals surface area (Å²) in [5, 5.41) is 13.4. The van der Waals surface area contributed by atoms with Gasteiger partial charge in [0.15, 0.2) is 0 Å². The topological polar surface area (TPSA) is 98.3 Å². The van der Waals surface area contributed by atoms with Crippen LogP contribution in [0.2, 0.25) is 0 Å². The van der Waals surface area contributed by atoms with E-state index in [0.29, 0.717) is 17.7 Å². The summed E-state index contributed by atoms with van der Waals surface area (Å²) in [4.78, 5) is 22.0. The van der Waals surface area contributed by atoms with E-state index in [1.165, 1.54) is 6.07 Å². The van der Waals surface area contributed by atoms with Gasteiger partial charge in [-0.2, -0.15) is 0 Å². The Bertz CT molecular complexity index is 486. The van der Waals surface area contributed by atoms with E-state index in [0.717, 1.165) is 5.56 Å². The van der Waals surface area contributed by atoms with Crippen molar-refractivity contribution in [1.29, 1.82) is 0 Å². The lowest BCUT2D eigenvalue weighted by Gasteiger charge is -2.12. The van der Waals surface area contributed by atoms with Gasteiger partial charge in [-0.05, 0) is 31.9 Å². The van der Waals surface area contributed by atoms with Crippen LogP contribution in [0.1, 0.15) is 24.5 Å². The molecule has 0 unspecified atom stereocenters. The lowest BCUT2D eigenvalue weighted by Crippen LogP contribution is -2.35. The molecule has 1 amide bonds. The molecule has 0 fully saturated rings. The molecule has 98 valence electrons. The Morgan fingerprint density at radius 3 is 2.56 bits per heavy atom. The molecule has 3 N–H and O–H groups in total. The van der Waals surface area contributed by atoms with Crippen LogP contribution in [0.3, 0.4) is 0 Å². The number of nitrogens with two attached hydrogens (primary N) is 1. The lowest BCUT2D eigenvalue weighted by molar-refractivity contribution is -0.385. The van der Waals surface area contributed by atoms with Crippen LogP contribution in [0.15, 0.2) is 12.1 Å². The van der Waals surface area contributed by atoms with E-state index >= 15 is 0 Å². The zero-order valence-corrected chi connectivity index (χ0v) is 10.7. The lowest BCUT2D eigenvalue weighted by atomic mass is 10.1. The van der Waals surface area contributed by atoms with Gasteiger partial charge in [0.2, 0.25) is 5.91 Å². The zero-order valence-electron chi connectivity index (χ0n) is 10.7. The van der Waals surface area contributed by atoms with Crippen molar-refractivity contribution < 1.29 is 9.72 Å². The standard InChI is InChI=1S/C12H17N3O3/c1-4-9(13)12(16)14-10-6-11(15(17)18)8(3)5-7(10)2/h5-6,9H,4,13H2,1-3H3,(H,14,16)/t9-/m0/s1. The third-order valence-corrected chi connectivity index (χ3v) is 2.77. The third kappa shape index (κ3) is 3.04. The van der Waals surface area contributed by atoms with Crippen LogP contribution >= 0.6 is 0 Å². The number of carbonyl (C=O) groups is 1. The largest absolute Gasteiger partial charge is 0.324 e. The fraction of sp³-hybridized carbons (Fsp3) is 0.417. The van der Waals surface area contributed by atoms with E-state index in [4.69, 9.17) is 5.73 Å². The van der Waals surface area contributed by atoms with Gasteiger partial charge in [-0.3, -0.25) is 14.9 Å². The molecule has 0 bridgehead atoms. The number of nitro benzene ring substituents is 1. The molecule has 1 aromatic carbocycles. The number of aryl methyl sites for hydroxylation is 2. The van der Waals surface area contributed by atoms with Gasteiger partial charge in [0.1, 0.15) is 0 Å². The predicted octanol–water partition coefficient (Wildman–Crippen LogP) is 1.89. The van der Waals surface area contributed by atoms with E-state index < -0.39 is 11.0 Å². The molecule has 6 nitrogen and oxygen atoms in total. The molecule has 18 heavy (non-hydrogen) atoms. The Morgan fingerprint density at radius 2 is 2.06 bits per heavy atom. The van der Waals surface area contributed by atoms with E-state index in [-0.39, 0.29) is 11.6 Å². The fourth-order valence-corrected chi connectivity index (χ4v) is 1.58. The molecular formula is C12H17N3O3. The molecule has 0 heterocycles. The number of nitrogens with one attached hydrogen (secondary N) is 1. The van der Waals surface area contributed by atoms with Crippen LogP contribution in [0.5, 0.6) is 0 Å². The summed E-state index contributed by atoms with van der Waals surface area (Å²) in [5.74, 6) is -0.334. The highest BCUT2D eigenvalue weighted by molar-refractivity contribution is 5.95. The molecule has 1 atom stereocenters. The number of benzene rings is 1. The molecule has 0 aliphatic carbocycles. The van der Waals surface area contributed by atoms with Gasteiger partial charge < -0.3 is 11.1 Å². The van der Waals surface area contributed by atoms with Crippen LogP contribution < -0.4 is 11.1 Å². The number of nitro groups is 1. The molecule has 0 aromatic heterocycles. The van der Waals surface area contributed by atoms with Gasteiger partial charge in [0.25, 0.3) is 5.69 Å². The Labute approximate surface area is 105 Å². The molecule has 1 rings (SSSR count). The van der Waals surface area contributed by atoms with Crippen LogP contribution in [-0.4, -0.2) is 16.9 Å². The fourth-order valence-electron chi connectivity index (χ4n) is 1.58. The summed E-state index contributed by atoms with van der Waals surface area (Å²) in [7, 11) is 0. The van der Waals surface area contributed by atoms with Crippen LogP contribution in [-0.2, 0) is 4.79 Å². The van der Waals surface area contributed by atoms with Crippen molar-refractivity contribution in [3.05, 3.63) is 33.4 Å². The van der Waals surface area contributed by atoms with Crippen molar-refractivity contribution >= 4 is 17.3 Å². The summed E-state index contributed by atoms with van der Waals surface area (Å²) in [6.45, 7) is 5.24. The van der Waals surface area contributed by atoms with Gasteiger partial charge in [0, 0.05) is 11.6 Å². The summed E-state index contributed by atoms with van der Waals surface area (Å²) >= 11 is 0. The van der Waals surface area contributed by atoms with Crippen molar-refractivity contribution in [2.24, 2.45) is 5.73 Å². The number of hydrogen-bond donors (Lipinski definition) is 2. The van der Waals surface area contributed by atoms with Crippen molar-refractivity contribution in [1.82, 2.24) is 0 Å². The van der Waals surface area contributed by atoms with Gasteiger partial charge in [-0.25, -0.2) is 0 Å². The SMILES string of the molecule is CC[C@H](N)C(=O)Nc1cc([N+](=O)[O-])c(C)cc1C. The second-order valence-corrected chi connectivity index (χ2v) is 4.21. The van der Waals surface area contributed by atoms with Crippen LogP contribution in [0.4, 0.5) is 11.4 Å². The quantitative estimate of drug-likeness (QED) is 0.630. The molecule has 0 radical (unpaired) electrons. The van der Waals surface area contributed by atoms with Gasteiger partial charge in [-0.15, -0.1) is 0 Å². The minimum Gasteiger partial charge on any atom is -0.324 e. The van der Waals surface area contributed by atoms with Crippen molar-refractivity contribution in [2.75, 3.05) is 5.32 Å². The first-order chi connectivity index (χ1) is 8.36. The van der Waals surface area contributed by atoms with E-state index in [2.05, 4.69) is 5.32 Å². The number of anilines is 1. The predicted molar refractivity (Wildman–Crippen MR) is 69.5 cm³/mol. The number of amides is 1. The first-order valence-electron chi connectivity index (χ1n) is 5.68. The monoisotopic (exact) mass is 251 g/mol. The first-order valence-corrected chi connectivity index (χ1v) is 5.68. The molecule has 1 aromatic rings. The average molecular weight is 251 g/mol. The summed E-state index contributed by atoms with van der Waals surface area (Å²) in [5.41, 5.74) is 7.35. The maximum Gasteiger partial charge on any atom is 0.274 e. The van der Waals surface area contributed by atoms with Gasteiger partial charge in [-0.1, -0.05) is 6.92 Å². The third-order valence-electron chi connectivity index (χ3n) is 2.77. The van der Waals surface area contributed by atoms with E-state index in [1.54, 1.807) is 26.8 Å². The summed E-state index contributed by atoms with van der Waals surface area (Å²) in [6, 6.07) is 2.43. The molecule has 6 heteroatoms. The smallest absolute Gasteiger partial charge is 0.274 e. The van der Waals surface area contributed by atoms with Crippen molar-refractivity contribution in [3.63, 3.8) is 0 Å². The highest BCUT2D eigenvalue weighted by Gasteiger charge is 2.17. The normalized spacial score (nSPS) is 12.0. The molecule has 0 spiro atoms. The second-order valence-electron chi connectivity index (χ2n) is 4.21. The maximum atomic E-state index is 11.7. The second kappa shape index (κ2) is 5.59. The summed E-state index contributed by atoms with van der Waals surface area (Å²) in [6.07, 6.45) is 0.513. The first kappa shape index (κ1) is 14.1. The zero-order chi connectivity index (χ0) is 13.9. The Kier molecular flexibility index (Phi) is 4.38. The number of nitrogens with zero attached hydrogens (tertiary/aromatic N) is 1. The minimum absolute atomic E-state index is 0.0130. The molecule has 0 saturated heterocycles. The molecular weight excluding hydrogens is 234 g/mol. The maximum absolute atomic E-state index is 11.7. The molecule has 0 aliphatic heterocycles. The van der Waals surface area contributed by atoms with Crippen LogP contribution in [0.25, 0.3) is 0 Å². The van der Waals surface area contributed by atoms with E-state index in [1.807, 2.05) is 0 Å². The number of rotatable bonds is 4. The number of hydrogen-bond acceptors (Lipinski definition) is 4. The van der Waals surface area contributed by atoms with Gasteiger partial charge >= 0.3 is 0 Å².